The molecule has 3 saturated heterocycles. The van der Waals surface area contributed by atoms with Crippen molar-refractivity contribution >= 4 is 60.3 Å². The quantitative estimate of drug-likeness (QED) is 0.149. The van der Waals surface area contributed by atoms with Gasteiger partial charge in [0, 0.05) is 13.1 Å². The van der Waals surface area contributed by atoms with Crippen LogP contribution in [0.1, 0.15) is 12.5 Å². The summed E-state index contributed by atoms with van der Waals surface area (Å²) in [6.07, 6.45) is -4.66. The number of hydrogen-bond acceptors (Lipinski definition) is 16. The fourth-order valence-electron chi connectivity index (χ4n) is 5.87. The molecule has 19 nitrogen and oxygen atoms in total. The van der Waals surface area contributed by atoms with Crippen molar-refractivity contribution in [3.63, 3.8) is 0 Å². The number of aromatic nitrogens is 8. The first-order valence-corrected chi connectivity index (χ1v) is 18.6. The second-order valence-electron chi connectivity index (χ2n) is 11.0. The first-order valence-electron chi connectivity index (χ1n) is 14.5. The van der Waals surface area contributed by atoms with Gasteiger partial charge in [0.2, 0.25) is 0 Å². The fraction of sp³-hybridized carbons (Fsp3) is 0.500. The summed E-state index contributed by atoms with van der Waals surface area (Å²) in [5.41, 5.74) is 0.955. The summed E-state index contributed by atoms with van der Waals surface area (Å²) >= 11 is 5.19. The molecule has 9 heterocycles. The molecule has 0 saturated carbocycles. The van der Waals surface area contributed by atoms with Gasteiger partial charge in [-0.25, -0.2) is 43.2 Å². The number of nitrogens with one attached hydrogen (secondary N) is 2. The van der Waals surface area contributed by atoms with E-state index in [1.807, 2.05) is 12.2 Å². The van der Waals surface area contributed by atoms with E-state index in [4.69, 9.17) is 39.4 Å². The molecule has 0 amide bonds. The Bertz CT molecular complexity index is 1850. The summed E-state index contributed by atoms with van der Waals surface area (Å²) in [4.78, 5) is 47.3. The molecule has 0 aliphatic carbocycles. The van der Waals surface area contributed by atoms with E-state index in [1.54, 1.807) is 0 Å². The number of alkyl halides is 2. The number of ether oxygens (including phenoxy) is 2. The van der Waals surface area contributed by atoms with Crippen LogP contribution in [-0.4, -0.2) is 112 Å². The highest BCUT2D eigenvalue weighted by Gasteiger charge is 2.54. The predicted molar refractivity (Wildman–Crippen MR) is 162 cm³/mol. The van der Waals surface area contributed by atoms with Crippen molar-refractivity contribution in [2.24, 2.45) is 0 Å². The SMILES string of the molecule is O=P1(O)OCC2O[C@@H]3[C@H](F)[C@@H]2OP(O)(=S)OC[C@H]2O[C@H]([C@H](F)[C@@H]2O1)n1cnc2c(ncnc21)NC/C=C/CNc1ncnc2c1ncn23. The number of rotatable bonds is 0. The second kappa shape index (κ2) is 12.3. The Labute approximate surface area is 273 Å². The summed E-state index contributed by atoms with van der Waals surface area (Å²) in [6.45, 7) is -5.09. The van der Waals surface area contributed by atoms with Gasteiger partial charge in [0.05, 0.1) is 25.9 Å². The van der Waals surface area contributed by atoms with Gasteiger partial charge in [0.15, 0.2) is 58.8 Å². The molecular weight excluding hydrogens is 704 g/mol. The zero-order chi connectivity index (χ0) is 33.2. The molecule has 0 spiro atoms. The lowest BCUT2D eigenvalue weighted by Crippen LogP contribution is -2.37. The van der Waals surface area contributed by atoms with Gasteiger partial charge in [-0.2, -0.15) is 0 Å². The molecule has 5 aliphatic heterocycles. The van der Waals surface area contributed by atoms with Crippen LogP contribution in [0.2, 0.25) is 0 Å². The first-order chi connectivity index (χ1) is 23.1. The van der Waals surface area contributed by atoms with E-state index in [0.29, 0.717) is 30.2 Å². The Morgan fingerprint density at radius 2 is 1.27 bits per heavy atom. The van der Waals surface area contributed by atoms with Crippen molar-refractivity contribution in [2.75, 3.05) is 36.9 Å². The largest absolute Gasteiger partial charge is 0.472 e. The molecule has 0 aromatic carbocycles. The number of hydrogen-bond donors (Lipinski definition) is 4. The van der Waals surface area contributed by atoms with Crippen LogP contribution in [0.15, 0.2) is 37.5 Å². The highest BCUT2D eigenvalue weighted by atomic mass is 32.5. The average molecular weight is 731 g/mol. The van der Waals surface area contributed by atoms with Crippen LogP contribution in [0.25, 0.3) is 22.3 Å². The van der Waals surface area contributed by atoms with Gasteiger partial charge in [0.25, 0.3) is 0 Å². The maximum Gasteiger partial charge on any atom is 0.472 e. The number of phosphoric acid groups is 1. The van der Waals surface area contributed by atoms with Crippen LogP contribution in [0.3, 0.4) is 0 Å². The minimum absolute atomic E-state index is 0.179. The Kier molecular flexibility index (Phi) is 8.24. The molecule has 48 heavy (non-hydrogen) atoms. The molecule has 256 valence electrons. The lowest BCUT2D eigenvalue weighted by Gasteiger charge is -2.28. The fourth-order valence-corrected chi connectivity index (χ4v) is 8.27. The molecule has 4 N–H and O–H groups in total. The Morgan fingerprint density at radius 1 is 0.771 bits per heavy atom. The van der Waals surface area contributed by atoms with Crippen molar-refractivity contribution in [1.82, 2.24) is 39.0 Å². The normalized spacial score (nSPS) is 38.0. The summed E-state index contributed by atoms with van der Waals surface area (Å²) in [7, 11) is -5.07. The van der Waals surface area contributed by atoms with E-state index in [0.717, 1.165) is 0 Å². The summed E-state index contributed by atoms with van der Waals surface area (Å²) in [6, 6.07) is 0. The third-order valence-electron chi connectivity index (χ3n) is 8.05. The molecule has 14 bridgehead atoms. The lowest BCUT2D eigenvalue weighted by molar-refractivity contribution is -0.0623. The second-order valence-corrected chi connectivity index (χ2v) is 15.2. The molecule has 5 aliphatic rings. The molecule has 9 rings (SSSR count). The van der Waals surface area contributed by atoms with E-state index in [2.05, 4.69) is 40.5 Å². The van der Waals surface area contributed by atoms with Gasteiger partial charge >= 0.3 is 14.5 Å². The Balaban J connectivity index is 1.21. The zero-order valence-electron chi connectivity index (χ0n) is 24.3. The topological polar surface area (TPSA) is 224 Å². The van der Waals surface area contributed by atoms with E-state index in [9.17, 15) is 14.4 Å². The Hall–Kier alpha value is -3.14. The lowest BCUT2D eigenvalue weighted by atomic mass is 10.1. The van der Waals surface area contributed by atoms with Crippen LogP contribution in [0.5, 0.6) is 0 Å². The third-order valence-corrected chi connectivity index (χ3v) is 10.6. The standard InChI is InChI=1S/C24H26F2N10O9P2S/c25-13-17-12-6-41-47(39,48)45-18-11(5-40-46(37,38)44-17)42-24(14(18)26)36-10-34-16-20(30-8-32-22(16)36)28-4-2-1-3-27-19-15-21(31-7-29-19)35(9-33-15)23(13)43-12/h1-2,7-14,17-18,23-24H,3-6H2,(H,37,38)(H,39,48)(H,27,29,31)(H,28,30,32)/b2-1+/t11?,12-,13-,14-,17-,18-,23-,24-,47?/m1/s1. The molecule has 0 radical (unpaired) electrons. The molecule has 4 aromatic rings. The van der Waals surface area contributed by atoms with E-state index in [1.165, 1.54) is 34.4 Å². The monoisotopic (exact) mass is 730 g/mol. The van der Waals surface area contributed by atoms with Gasteiger partial charge in [-0.3, -0.25) is 22.7 Å². The Morgan fingerprint density at radius 3 is 1.81 bits per heavy atom. The first kappa shape index (κ1) is 32.1. The van der Waals surface area contributed by atoms with Crippen LogP contribution >= 0.6 is 14.5 Å². The molecule has 4 aromatic heterocycles. The van der Waals surface area contributed by atoms with Gasteiger partial charge in [-0.1, -0.05) is 12.2 Å². The molecule has 24 heteroatoms. The van der Waals surface area contributed by atoms with E-state index >= 15 is 8.78 Å². The minimum atomic E-state index is -5.07. The smallest absolute Gasteiger partial charge is 0.365 e. The molecular formula is C24H26F2N10O9P2S. The molecule has 10 atom stereocenters. The number of fused-ring (bicyclic) bond motifs is 10. The summed E-state index contributed by atoms with van der Waals surface area (Å²) in [5, 5.41) is 6.25. The maximum absolute atomic E-state index is 16.2. The van der Waals surface area contributed by atoms with E-state index in [-0.39, 0.29) is 16.8 Å². The molecule has 3 unspecified atom stereocenters. The number of imidazole rings is 2. The van der Waals surface area contributed by atoms with Crippen molar-refractivity contribution in [3.8, 4) is 0 Å². The summed E-state index contributed by atoms with van der Waals surface area (Å²) in [5.74, 6) is 0.703. The highest BCUT2D eigenvalue weighted by Crippen LogP contribution is 2.54. The maximum atomic E-state index is 16.2. The van der Waals surface area contributed by atoms with Crippen LogP contribution in [-0.2, 0) is 43.9 Å². The average Bonchev–Trinajstić information content (AvgIpc) is 3.81. The van der Waals surface area contributed by atoms with Crippen LogP contribution in [0.4, 0.5) is 20.4 Å². The predicted octanol–water partition coefficient (Wildman–Crippen LogP) is 1.67. The van der Waals surface area contributed by atoms with Crippen molar-refractivity contribution in [2.45, 2.75) is 49.2 Å². The number of halogens is 2. The van der Waals surface area contributed by atoms with Crippen molar-refractivity contribution in [3.05, 3.63) is 37.5 Å². The van der Waals surface area contributed by atoms with Crippen molar-refractivity contribution in [1.29, 1.82) is 0 Å². The van der Waals surface area contributed by atoms with Gasteiger partial charge < -0.3 is 34.4 Å². The van der Waals surface area contributed by atoms with Gasteiger partial charge in [0.1, 0.15) is 37.1 Å². The van der Waals surface area contributed by atoms with Crippen LogP contribution in [0, 0.1) is 0 Å². The minimum Gasteiger partial charge on any atom is -0.365 e. The third kappa shape index (κ3) is 5.79. The van der Waals surface area contributed by atoms with Gasteiger partial charge in [-0.05, 0) is 11.8 Å². The summed E-state index contributed by atoms with van der Waals surface area (Å²) < 4.78 is 81.4. The van der Waals surface area contributed by atoms with Crippen molar-refractivity contribution < 1.29 is 50.7 Å². The molecule has 3 fully saturated rings. The van der Waals surface area contributed by atoms with Gasteiger partial charge in [-0.15, -0.1) is 0 Å². The number of phosphoric ester groups is 1. The number of nitrogens with zero attached hydrogens (tertiary/aromatic N) is 8. The van der Waals surface area contributed by atoms with Crippen LogP contribution < -0.4 is 10.6 Å². The highest BCUT2D eigenvalue weighted by molar-refractivity contribution is 8.07. The van der Waals surface area contributed by atoms with E-state index < -0.39 is 77.0 Å². The number of anilines is 2. The zero-order valence-corrected chi connectivity index (χ0v) is 26.9.